The lowest BCUT2D eigenvalue weighted by Gasteiger charge is -2.31. The summed E-state index contributed by atoms with van der Waals surface area (Å²) >= 11 is 0. The first-order valence-electron chi connectivity index (χ1n) is 4.84. The van der Waals surface area contributed by atoms with Crippen molar-refractivity contribution in [1.29, 1.82) is 0 Å². The molecule has 0 saturated carbocycles. The largest absolute Gasteiger partial charge is 0.390 e. The highest BCUT2D eigenvalue weighted by Crippen LogP contribution is 2.37. The summed E-state index contributed by atoms with van der Waals surface area (Å²) in [5, 5.41) is 19.2. The number of hydrogen-bond donors (Lipinski definition) is 2. The maximum absolute atomic E-state index is 9.72. The molecule has 0 aromatic heterocycles. The fourth-order valence-electron chi connectivity index (χ4n) is 1.67. The summed E-state index contributed by atoms with van der Waals surface area (Å²) < 4.78 is 5.67. The van der Waals surface area contributed by atoms with Crippen molar-refractivity contribution in [2.75, 3.05) is 0 Å². The van der Waals surface area contributed by atoms with Gasteiger partial charge in [-0.2, -0.15) is 0 Å². The van der Waals surface area contributed by atoms with Gasteiger partial charge in [0.25, 0.3) is 0 Å². The molecule has 78 valence electrons. The van der Waals surface area contributed by atoms with Crippen LogP contribution in [0.4, 0.5) is 0 Å². The highest BCUT2D eigenvalue weighted by Gasteiger charge is 2.44. The molecule has 0 spiro atoms. The van der Waals surface area contributed by atoms with E-state index in [2.05, 4.69) is 0 Å². The van der Waals surface area contributed by atoms with Crippen molar-refractivity contribution in [3.63, 3.8) is 0 Å². The molecule has 13 heavy (non-hydrogen) atoms. The van der Waals surface area contributed by atoms with Crippen LogP contribution in [0, 0.1) is 0 Å². The van der Waals surface area contributed by atoms with Crippen LogP contribution in [0.15, 0.2) is 0 Å². The van der Waals surface area contributed by atoms with E-state index in [9.17, 15) is 10.2 Å². The molecule has 3 heteroatoms. The van der Waals surface area contributed by atoms with Crippen molar-refractivity contribution < 1.29 is 14.9 Å². The predicted octanol–water partition coefficient (Wildman–Crippen LogP) is 1.08. The Kier molecular flexibility index (Phi) is 2.72. The summed E-state index contributed by atoms with van der Waals surface area (Å²) in [5.41, 5.74) is -1.29. The van der Waals surface area contributed by atoms with Gasteiger partial charge in [0.15, 0.2) is 0 Å². The fraction of sp³-hybridized carbons (Fsp3) is 1.00. The minimum atomic E-state index is -0.813. The number of rotatable bonds is 2. The number of aliphatic hydroxyl groups is 2. The average Bonchev–Trinajstić information content (AvgIpc) is 2.31. The second kappa shape index (κ2) is 3.23. The first-order chi connectivity index (χ1) is 5.76. The molecule has 0 unspecified atom stereocenters. The third-order valence-corrected chi connectivity index (χ3v) is 2.99. The van der Waals surface area contributed by atoms with E-state index in [-0.39, 0.29) is 6.10 Å². The lowest BCUT2D eigenvalue weighted by molar-refractivity contribution is -0.148. The average molecular weight is 188 g/mol. The van der Waals surface area contributed by atoms with E-state index in [1.54, 1.807) is 20.8 Å². The lowest BCUT2D eigenvalue weighted by Crippen LogP contribution is -2.42. The standard InChI is InChI=1S/C10H20O3/c1-7(11)10(4)6-5-8(13-10)9(2,3)12/h7-8,11-12H,5-6H2,1-4H3/t7-,8-,10+/m0/s1. The van der Waals surface area contributed by atoms with Gasteiger partial charge in [-0.25, -0.2) is 0 Å². The molecular weight excluding hydrogens is 168 g/mol. The molecule has 1 saturated heterocycles. The summed E-state index contributed by atoms with van der Waals surface area (Å²) in [6.07, 6.45) is 0.969. The third-order valence-electron chi connectivity index (χ3n) is 2.99. The van der Waals surface area contributed by atoms with Crippen molar-refractivity contribution in [2.24, 2.45) is 0 Å². The van der Waals surface area contributed by atoms with Crippen molar-refractivity contribution >= 4 is 0 Å². The topological polar surface area (TPSA) is 49.7 Å². The minimum Gasteiger partial charge on any atom is -0.390 e. The minimum absolute atomic E-state index is 0.160. The zero-order valence-corrected chi connectivity index (χ0v) is 8.87. The van der Waals surface area contributed by atoms with Crippen LogP contribution in [0.3, 0.4) is 0 Å². The number of hydrogen-bond acceptors (Lipinski definition) is 3. The van der Waals surface area contributed by atoms with Crippen molar-refractivity contribution in [3.05, 3.63) is 0 Å². The van der Waals surface area contributed by atoms with E-state index < -0.39 is 17.3 Å². The smallest absolute Gasteiger partial charge is 0.0915 e. The highest BCUT2D eigenvalue weighted by atomic mass is 16.5. The molecule has 2 N–H and O–H groups in total. The molecular formula is C10H20O3. The van der Waals surface area contributed by atoms with Crippen LogP contribution in [0.5, 0.6) is 0 Å². The Morgan fingerprint density at radius 1 is 1.54 bits per heavy atom. The molecule has 0 aromatic carbocycles. The van der Waals surface area contributed by atoms with Gasteiger partial charge in [-0.15, -0.1) is 0 Å². The Bertz CT molecular complexity index is 183. The summed E-state index contributed by atoms with van der Waals surface area (Å²) in [5.74, 6) is 0. The highest BCUT2D eigenvalue weighted by molar-refractivity contribution is 4.94. The zero-order valence-electron chi connectivity index (χ0n) is 8.87. The van der Waals surface area contributed by atoms with Gasteiger partial charge in [-0.3, -0.25) is 0 Å². The first-order valence-corrected chi connectivity index (χ1v) is 4.84. The van der Waals surface area contributed by atoms with Crippen LogP contribution in [0.2, 0.25) is 0 Å². The summed E-state index contributed by atoms with van der Waals surface area (Å²) in [7, 11) is 0. The molecule has 0 radical (unpaired) electrons. The van der Waals surface area contributed by atoms with E-state index in [0.29, 0.717) is 0 Å². The number of ether oxygens (including phenoxy) is 1. The van der Waals surface area contributed by atoms with E-state index in [0.717, 1.165) is 12.8 Å². The molecule has 1 fully saturated rings. The number of aliphatic hydroxyl groups excluding tert-OH is 1. The van der Waals surface area contributed by atoms with Gasteiger partial charge < -0.3 is 14.9 Å². The van der Waals surface area contributed by atoms with E-state index in [1.807, 2.05) is 6.92 Å². The van der Waals surface area contributed by atoms with Crippen LogP contribution in [-0.4, -0.2) is 33.6 Å². The Morgan fingerprint density at radius 2 is 2.08 bits per heavy atom. The van der Waals surface area contributed by atoms with Gasteiger partial charge in [-0.1, -0.05) is 0 Å². The maximum Gasteiger partial charge on any atom is 0.0915 e. The fourth-order valence-corrected chi connectivity index (χ4v) is 1.67. The Balaban J connectivity index is 2.64. The first kappa shape index (κ1) is 11.0. The Labute approximate surface area is 79.7 Å². The molecule has 0 aromatic rings. The SMILES string of the molecule is C[C@H](O)[C@@]1(C)CC[C@@H](C(C)(C)O)O1. The third kappa shape index (κ3) is 2.22. The zero-order chi connectivity index (χ0) is 10.3. The van der Waals surface area contributed by atoms with E-state index >= 15 is 0 Å². The van der Waals surface area contributed by atoms with Gasteiger partial charge >= 0.3 is 0 Å². The summed E-state index contributed by atoms with van der Waals surface area (Å²) in [4.78, 5) is 0. The molecule has 1 aliphatic heterocycles. The monoisotopic (exact) mass is 188 g/mol. The maximum atomic E-state index is 9.72. The van der Waals surface area contributed by atoms with Gasteiger partial charge in [0, 0.05) is 0 Å². The van der Waals surface area contributed by atoms with Crippen LogP contribution < -0.4 is 0 Å². The Morgan fingerprint density at radius 3 is 2.31 bits per heavy atom. The summed E-state index contributed by atoms with van der Waals surface area (Å²) in [6.45, 7) is 7.10. The van der Waals surface area contributed by atoms with Gasteiger partial charge in [0.2, 0.25) is 0 Å². The molecule has 3 atom stereocenters. The van der Waals surface area contributed by atoms with Crippen LogP contribution in [-0.2, 0) is 4.74 Å². The van der Waals surface area contributed by atoms with Crippen LogP contribution in [0.25, 0.3) is 0 Å². The molecule has 1 heterocycles. The van der Waals surface area contributed by atoms with Crippen molar-refractivity contribution in [3.8, 4) is 0 Å². The summed E-state index contributed by atoms with van der Waals surface area (Å²) in [6, 6.07) is 0. The molecule has 1 rings (SSSR count). The second-order valence-corrected chi connectivity index (χ2v) is 4.79. The van der Waals surface area contributed by atoms with Gasteiger partial charge in [0.05, 0.1) is 23.4 Å². The second-order valence-electron chi connectivity index (χ2n) is 4.79. The normalized spacial score (nSPS) is 37.8. The van der Waals surface area contributed by atoms with Gasteiger partial charge in [-0.05, 0) is 40.5 Å². The lowest BCUT2D eigenvalue weighted by atomic mass is 9.94. The van der Waals surface area contributed by atoms with Crippen molar-refractivity contribution in [2.45, 2.75) is 63.9 Å². The van der Waals surface area contributed by atoms with E-state index in [4.69, 9.17) is 4.74 Å². The molecule has 1 aliphatic rings. The molecule has 3 nitrogen and oxygen atoms in total. The molecule has 0 amide bonds. The van der Waals surface area contributed by atoms with Crippen LogP contribution >= 0.6 is 0 Å². The predicted molar refractivity (Wildman–Crippen MR) is 50.5 cm³/mol. The van der Waals surface area contributed by atoms with Gasteiger partial charge in [0.1, 0.15) is 0 Å². The molecule has 0 aliphatic carbocycles. The van der Waals surface area contributed by atoms with Crippen LogP contribution in [0.1, 0.15) is 40.5 Å². The molecule has 0 bridgehead atoms. The van der Waals surface area contributed by atoms with E-state index in [1.165, 1.54) is 0 Å². The quantitative estimate of drug-likeness (QED) is 0.681. The Hall–Kier alpha value is -0.120. The van der Waals surface area contributed by atoms with Crippen molar-refractivity contribution in [1.82, 2.24) is 0 Å².